The van der Waals surface area contributed by atoms with E-state index in [0.717, 1.165) is 10.0 Å². The maximum absolute atomic E-state index is 12.1. The van der Waals surface area contributed by atoms with Crippen LogP contribution in [0.4, 0.5) is 5.82 Å². The van der Waals surface area contributed by atoms with Gasteiger partial charge in [0.05, 0.1) is 0 Å². The van der Waals surface area contributed by atoms with E-state index in [-0.39, 0.29) is 15.9 Å². The lowest BCUT2D eigenvalue weighted by atomic mass is 10.3. The van der Waals surface area contributed by atoms with Crippen molar-refractivity contribution in [3.05, 3.63) is 45.8 Å². The van der Waals surface area contributed by atoms with Gasteiger partial charge in [0.2, 0.25) is 0 Å². The Balaban J connectivity index is 2.30. The lowest BCUT2D eigenvalue weighted by molar-refractivity contribution is 0.600. The second-order valence-electron chi connectivity index (χ2n) is 3.74. The molecule has 0 unspecified atom stereocenters. The lowest BCUT2D eigenvalue weighted by Crippen LogP contribution is -2.14. The standard InChI is InChI=1S/C11H9BrClN3O2S/c1-7-4-11(15-6-9(7)12)16-19(17,18)8-2-3-10(13)14-5-8/h2-6H,1H3,(H,15,16). The molecule has 19 heavy (non-hydrogen) atoms. The molecule has 0 amide bonds. The van der Waals surface area contributed by atoms with Gasteiger partial charge < -0.3 is 0 Å². The molecule has 0 atom stereocenters. The van der Waals surface area contributed by atoms with Gasteiger partial charge in [-0.15, -0.1) is 0 Å². The molecule has 0 aromatic carbocycles. The van der Waals surface area contributed by atoms with Crippen LogP contribution in [0.25, 0.3) is 0 Å². The van der Waals surface area contributed by atoms with E-state index in [4.69, 9.17) is 11.6 Å². The summed E-state index contributed by atoms with van der Waals surface area (Å²) in [5, 5.41) is 0.233. The highest BCUT2D eigenvalue weighted by Crippen LogP contribution is 2.20. The zero-order chi connectivity index (χ0) is 14.0. The molecule has 0 saturated carbocycles. The van der Waals surface area contributed by atoms with Gasteiger partial charge in [0.1, 0.15) is 15.9 Å². The van der Waals surface area contributed by atoms with Gasteiger partial charge in [-0.2, -0.15) is 0 Å². The van der Waals surface area contributed by atoms with Crippen LogP contribution < -0.4 is 4.72 Å². The van der Waals surface area contributed by atoms with Gasteiger partial charge in [-0.1, -0.05) is 11.6 Å². The molecule has 0 spiro atoms. The molecule has 5 nitrogen and oxygen atoms in total. The summed E-state index contributed by atoms with van der Waals surface area (Å²) in [5.74, 6) is 0.246. The number of aryl methyl sites for hydroxylation is 1. The van der Waals surface area contributed by atoms with Crippen molar-refractivity contribution in [2.24, 2.45) is 0 Å². The highest BCUT2D eigenvalue weighted by molar-refractivity contribution is 9.10. The van der Waals surface area contributed by atoms with Crippen molar-refractivity contribution in [3.8, 4) is 0 Å². The summed E-state index contributed by atoms with van der Waals surface area (Å²) < 4.78 is 27.3. The molecule has 2 aromatic rings. The highest BCUT2D eigenvalue weighted by atomic mass is 79.9. The third-order valence-electron chi connectivity index (χ3n) is 2.30. The Hall–Kier alpha value is -1.18. The molecule has 0 aliphatic heterocycles. The first-order chi connectivity index (χ1) is 8.88. The predicted molar refractivity (Wildman–Crippen MR) is 76.7 cm³/mol. The van der Waals surface area contributed by atoms with Crippen LogP contribution >= 0.6 is 27.5 Å². The number of rotatable bonds is 3. The number of sulfonamides is 1. The van der Waals surface area contributed by atoms with Crippen molar-refractivity contribution >= 4 is 43.4 Å². The summed E-state index contributed by atoms with van der Waals surface area (Å²) >= 11 is 8.91. The van der Waals surface area contributed by atoms with Crippen LogP contribution in [0.2, 0.25) is 5.15 Å². The second-order valence-corrected chi connectivity index (χ2v) is 6.66. The smallest absolute Gasteiger partial charge is 0.263 e. The monoisotopic (exact) mass is 361 g/mol. The van der Waals surface area contributed by atoms with Crippen LogP contribution in [-0.4, -0.2) is 18.4 Å². The van der Waals surface area contributed by atoms with Gasteiger partial charge in [-0.3, -0.25) is 4.72 Å². The maximum Gasteiger partial charge on any atom is 0.264 e. The zero-order valence-corrected chi connectivity index (χ0v) is 12.9. The second kappa shape index (κ2) is 5.44. The van der Waals surface area contributed by atoms with Gasteiger partial charge in [0.25, 0.3) is 10.0 Å². The summed E-state index contributed by atoms with van der Waals surface area (Å²) in [6.45, 7) is 1.84. The molecule has 2 aromatic heterocycles. The number of aromatic nitrogens is 2. The molecule has 1 N–H and O–H groups in total. The van der Waals surface area contributed by atoms with Crippen LogP contribution in [0.15, 0.2) is 40.0 Å². The third kappa shape index (κ3) is 3.43. The first-order valence-electron chi connectivity index (χ1n) is 5.15. The summed E-state index contributed by atoms with van der Waals surface area (Å²) in [4.78, 5) is 7.75. The average molecular weight is 363 g/mol. The minimum Gasteiger partial charge on any atom is -0.263 e. The Morgan fingerprint density at radius 2 is 2.00 bits per heavy atom. The lowest BCUT2D eigenvalue weighted by Gasteiger charge is -2.08. The van der Waals surface area contributed by atoms with Crippen LogP contribution in [0.5, 0.6) is 0 Å². The van der Waals surface area contributed by atoms with Gasteiger partial charge in [-0.05, 0) is 46.6 Å². The Bertz CT molecular complexity index is 704. The van der Waals surface area contributed by atoms with E-state index in [0.29, 0.717) is 0 Å². The quantitative estimate of drug-likeness (QED) is 0.852. The molecule has 0 saturated heterocycles. The van der Waals surface area contributed by atoms with E-state index in [9.17, 15) is 8.42 Å². The molecule has 0 fully saturated rings. The molecular formula is C11H9BrClN3O2S. The minimum atomic E-state index is -3.71. The first kappa shape index (κ1) is 14.2. The van der Waals surface area contributed by atoms with Gasteiger partial charge in [0, 0.05) is 16.9 Å². The van der Waals surface area contributed by atoms with E-state index in [1.807, 2.05) is 6.92 Å². The molecule has 2 heterocycles. The summed E-state index contributed by atoms with van der Waals surface area (Å²) in [6.07, 6.45) is 2.73. The van der Waals surface area contributed by atoms with Crippen molar-refractivity contribution in [1.82, 2.24) is 9.97 Å². The zero-order valence-electron chi connectivity index (χ0n) is 9.76. The van der Waals surface area contributed by atoms with Crippen LogP contribution in [-0.2, 0) is 10.0 Å². The number of halogens is 2. The Morgan fingerprint density at radius 3 is 2.58 bits per heavy atom. The van der Waals surface area contributed by atoms with Crippen molar-refractivity contribution in [2.75, 3.05) is 4.72 Å². The fraction of sp³-hybridized carbons (Fsp3) is 0.0909. The number of hydrogen-bond acceptors (Lipinski definition) is 4. The number of pyridine rings is 2. The molecule has 0 bridgehead atoms. The molecular weight excluding hydrogens is 354 g/mol. The molecule has 0 radical (unpaired) electrons. The van der Waals surface area contributed by atoms with E-state index < -0.39 is 10.0 Å². The van der Waals surface area contributed by atoms with Crippen LogP contribution in [0.1, 0.15) is 5.56 Å². The summed E-state index contributed by atoms with van der Waals surface area (Å²) in [5.41, 5.74) is 0.877. The highest BCUT2D eigenvalue weighted by Gasteiger charge is 2.15. The molecule has 2 rings (SSSR count). The van der Waals surface area contributed by atoms with Crippen molar-refractivity contribution in [3.63, 3.8) is 0 Å². The van der Waals surface area contributed by atoms with E-state index in [1.165, 1.54) is 24.5 Å². The molecule has 100 valence electrons. The van der Waals surface area contributed by atoms with Gasteiger partial charge in [0.15, 0.2) is 0 Å². The third-order valence-corrected chi connectivity index (χ3v) is 4.69. The summed E-state index contributed by atoms with van der Waals surface area (Å²) in [7, 11) is -3.71. The topological polar surface area (TPSA) is 72.0 Å². The fourth-order valence-corrected chi connectivity index (χ4v) is 2.59. The SMILES string of the molecule is Cc1cc(NS(=O)(=O)c2ccc(Cl)nc2)ncc1Br. The fourth-order valence-electron chi connectivity index (χ4n) is 1.31. The average Bonchev–Trinajstić information content (AvgIpc) is 2.34. The molecule has 0 aliphatic carbocycles. The number of nitrogens with one attached hydrogen (secondary N) is 1. The molecule has 8 heteroatoms. The Labute approximate surface area is 124 Å². The minimum absolute atomic E-state index is 0.0271. The van der Waals surface area contributed by atoms with Crippen LogP contribution in [0.3, 0.4) is 0 Å². The van der Waals surface area contributed by atoms with Gasteiger partial charge >= 0.3 is 0 Å². The number of hydrogen-bond donors (Lipinski definition) is 1. The van der Waals surface area contributed by atoms with Crippen molar-refractivity contribution < 1.29 is 8.42 Å². The summed E-state index contributed by atoms with van der Waals surface area (Å²) in [6, 6.07) is 4.42. The van der Waals surface area contributed by atoms with Gasteiger partial charge in [-0.25, -0.2) is 18.4 Å². The van der Waals surface area contributed by atoms with Crippen LogP contribution in [0, 0.1) is 6.92 Å². The number of nitrogens with zero attached hydrogens (tertiary/aromatic N) is 2. The van der Waals surface area contributed by atoms with E-state index in [1.54, 1.807) is 6.07 Å². The Kier molecular flexibility index (Phi) is 4.07. The van der Waals surface area contributed by atoms with Crippen molar-refractivity contribution in [2.45, 2.75) is 11.8 Å². The Morgan fingerprint density at radius 1 is 1.26 bits per heavy atom. The van der Waals surface area contributed by atoms with E-state index >= 15 is 0 Å². The maximum atomic E-state index is 12.1. The first-order valence-corrected chi connectivity index (χ1v) is 7.80. The number of anilines is 1. The van der Waals surface area contributed by atoms with Crippen molar-refractivity contribution in [1.29, 1.82) is 0 Å². The molecule has 0 aliphatic rings. The van der Waals surface area contributed by atoms with E-state index in [2.05, 4.69) is 30.6 Å². The predicted octanol–water partition coefficient (Wildman–Crippen LogP) is 3.00. The normalized spacial score (nSPS) is 11.3. The largest absolute Gasteiger partial charge is 0.264 e.